The Hall–Kier alpha value is -1.58. The van der Waals surface area contributed by atoms with E-state index in [1.165, 1.54) is 88.7 Å². The molecule has 0 aliphatic carbocycles. The third-order valence-corrected chi connectivity index (χ3v) is 13.2. The van der Waals surface area contributed by atoms with E-state index in [2.05, 4.69) is 62.4 Å². The van der Waals surface area contributed by atoms with E-state index in [0.717, 1.165) is 22.6 Å². The Morgan fingerprint density at radius 3 is 1.21 bits per heavy atom. The number of rotatable bonds is 14. The molecule has 0 amide bonds. The molecular formula is C32H36O2S5. The van der Waals surface area contributed by atoms with Crippen LogP contribution in [0.5, 0.6) is 0 Å². The van der Waals surface area contributed by atoms with Gasteiger partial charge in [0.15, 0.2) is 0 Å². The summed E-state index contributed by atoms with van der Waals surface area (Å²) >= 11 is 9.08. The van der Waals surface area contributed by atoms with Gasteiger partial charge in [0.05, 0.1) is 13.2 Å². The van der Waals surface area contributed by atoms with E-state index in [1.807, 2.05) is 34.0 Å². The minimum Gasteiger partial charge on any atom is -0.391 e. The summed E-state index contributed by atoms with van der Waals surface area (Å²) in [6.07, 6.45) is 9.51. The lowest BCUT2D eigenvalue weighted by molar-refractivity contribution is 0.285. The molecule has 0 unspecified atom stereocenters. The molecule has 39 heavy (non-hydrogen) atoms. The highest BCUT2D eigenvalue weighted by atomic mass is 32.1. The van der Waals surface area contributed by atoms with Gasteiger partial charge in [0, 0.05) is 48.8 Å². The van der Waals surface area contributed by atoms with Crippen molar-refractivity contribution >= 4 is 56.7 Å². The van der Waals surface area contributed by atoms with E-state index in [1.54, 1.807) is 22.7 Å². The van der Waals surface area contributed by atoms with Crippen LogP contribution in [0.25, 0.3) is 39.0 Å². The zero-order valence-electron chi connectivity index (χ0n) is 22.6. The molecule has 5 rings (SSSR count). The van der Waals surface area contributed by atoms with E-state index in [9.17, 15) is 10.2 Å². The van der Waals surface area contributed by atoms with Gasteiger partial charge in [-0.05, 0) is 85.3 Å². The predicted molar refractivity (Wildman–Crippen MR) is 176 cm³/mol. The number of aryl methyl sites for hydroxylation is 2. The molecule has 5 heterocycles. The summed E-state index contributed by atoms with van der Waals surface area (Å²) in [6.45, 7) is 4.72. The molecular weight excluding hydrogens is 577 g/mol. The number of hydrogen-bond acceptors (Lipinski definition) is 7. The van der Waals surface area contributed by atoms with Crippen LogP contribution in [0.15, 0.2) is 48.5 Å². The first kappa shape index (κ1) is 28.9. The smallest absolute Gasteiger partial charge is 0.0774 e. The first-order valence-corrected chi connectivity index (χ1v) is 18.0. The van der Waals surface area contributed by atoms with Crippen molar-refractivity contribution in [2.45, 2.75) is 78.4 Å². The molecule has 0 atom stereocenters. The maximum Gasteiger partial charge on any atom is 0.0774 e. The van der Waals surface area contributed by atoms with Crippen LogP contribution in [-0.2, 0) is 26.1 Å². The lowest BCUT2D eigenvalue weighted by Gasteiger charge is -2.01. The van der Waals surface area contributed by atoms with Crippen molar-refractivity contribution in [3.05, 3.63) is 69.4 Å². The number of aliphatic hydroxyl groups excluding tert-OH is 2. The molecule has 0 bridgehead atoms. The highest BCUT2D eigenvalue weighted by molar-refractivity contribution is 7.29. The molecule has 2 nitrogen and oxygen atoms in total. The van der Waals surface area contributed by atoms with Crippen molar-refractivity contribution in [3.63, 3.8) is 0 Å². The fraction of sp³-hybridized carbons (Fsp3) is 0.375. The van der Waals surface area contributed by atoms with Crippen LogP contribution in [0.2, 0.25) is 0 Å². The largest absolute Gasteiger partial charge is 0.391 e. The van der Waals surface area contributed by atoms with Crippen LogP contribution in [0.3, 0.4) is 0 Å². The van der Waals surface area contributed by atoms with Crippen LogP contribution in [0.4, 0.5) is 0 Å². The summed E-state index contributed by atoms with van der Waals surface area (Å²) in [6, 6.07) is 18.0. The molecule has 5 aromatic rings. The summed E-state index contributed by atoms with van der Waals surface area (Å²) in [5, 5.41) is 19.5. The minimum atomic E-state index is 0.119. The lowest BCUT2D eigenvalue weighted by Crippen LogP contribution is -1.84. The summed E-state index contributed by atoms with van der Waals surface area (Å²) in [5.74, 6) is 0. The van der Waals surface area contributed by atoms with Crippen molar-refractivity contribution in [2.75, 3.05) is 0 Å². The van der Waals surface area contributed by atoms with Gasteiger partial charge in [0.25, 0.3) is 0 Å². The highest BCUT2D eigenvalue weighted by Gasteiger charge is 2.17. The van der Waals surface area contributed by atoms with Crippen LogP contribution in [0, 0.1) is 0 Å². The van der Waals surface area contributed by atoms with Crippen LogP contribution in [0.1, 0.15) is 73.3 Å². The number of hydrogen-bond donors (Lipinski definition) is 2. The molecule has 206 valence electrons. The molecule has 0 aromatic carbocycles. The topological polar surface area (TPSA) is 40.5 Å². The quantitative estimate of drug-likeness (QED) is 0.122. The highest BCUT2D eigenvalue weighted by Crippen LogP contribution is 2.46. The van der Waals surface area contributed by atoms with Gasteiger partial charge in [0.2, 0.25) is 0 Å². The van der Waals surface area contributed by atoms with Gasteiger partial charge in [-0.25, -0.2) is 0 Å². The normalized spacial score (nSPS) is 11.6. The average molecular weight is 613 g/mol. The van der Waals surface area contributed by atoms with Gasteiger partial charge >= 0.3 is 0 Å². The standard InChI is InChI=1S/C32H36O2S5/c1-3-5-7-9-21-17-23(19-33)35-31(21)29-15-13-27(38-29)25-11-12-26(37-25)28-14-16-30(39-28)32-22(10-8-6-4-2)18-24(20-34)36-32/h11-18,33-34H,3-10,19-20H2,1-2H3. The van der Waals surface area contributed by atoms with Crippen molar-refractivity contribution < 1.29 is 10.2 Å². The Morgan fingerprint density at radius 2 is 0.846 bits per heavy atom. The lowest BCUT2D eigenvalue weighted by atomic mass is 10.1. The molecule has 0 fully saturated rings. The first-order chi connectivity index (χ1) is 19.1. The number of thiophene rings is 5. The van der Waals surface area contributed by atoms with Gasteiger partial charge < -0.3 is 10.2 Å². The van der Waals surface area contributed by atoms with Crippen molar-refractivity contribution in [1.29, 1.82) is 0 Å². The maximum absolute atomic E-state index is 9.75. The van der Waals surface area contributed by atoms with Crippen LogP contribution < -0.4 is 0 Å². The predicted octanol–water partition coefficient (Wildman–Crippen LogP) is 11.1. The van der Waals surface area contributed by atoms with Crippen LogP contribution in [-0.4, -0.2) is 10.2 Å². The fourth-order valence-electron chi connectivity index (χ4n) is 4.83. The number of unbranched alkanes of at least 4 members (excludes halogenated alkanes) is 4. The Morgan fingerprint density at radius 1 is 0.487 bits per heavy atom. The Labute approximate surface area is 252 Å². The van der Waals surface area contributed by atoms with Gasteiger partial charge in [0.1, 0.15) is 0 Å². The van der Waals surface area contributed by atoms with Crippen LogP contribution >= 0.6 is 56.7 Å². The minimum absolute atomic E-state index is 0.119. The molecule has 0 saturated heterocycles. The second kappa shape index (κ2) is 13.9. The SMILES string of the molecule is CCCCCc1cc(CO)sc1-c1ccc(-c2ccc(-c3ccc(-c4sc(CO)cc4CCCCC)s3)s2)s1. The summed E-state index contributed by atoms with van der Waals surface area (Å²) in [4.78, 5) is 12.6. The Bertz CT molecular complexity index is 1370. The molecule has 0 saturated carbocycles. The molecule has 0 spiro atoms. The van der Waals surface area contributed by atoms with E-state index in [0.29, 0.717) is 0 Å². The van der Waals surface area contributed by atoms with Crippen molar-refractivity contribution in [1.82, 2.24) is 0 Å². The summed E-state index contributed by atoms with van der Waals surface area (Å²) in [7, 11) is 0. The summed E-state index contributed by atoms with van der Waals surface area (Å²) in [5.41, 5.74) is 2.77. The maximum atomic E-state index is 9.75. The molecule has 0 aliphatic rings. The van der Waals surface area contributed by atoms with E-state index < -0.39 is 0 Å². The van der Waals surface area contributed by atoms with Gasteiger partial charge in [-0.3, -0.25) is 0 Å². The zero-order chi connectivity index (χ0) is 27.2. The van der Waals surface area contributed by atoms with E-state index in [4.69, 9.17) is 0 Å². The average Bonchev–Trinajstić information content (AvgIpc) is 3.77. The second-order valence-electron chi connectivity index (χ2n) is 9.86. The molecule has 0 aliphatic heterocycles. The molecule has 5 aromatic heterocycles. The second-order valence-corrected chi connectivity index (χ2v) is 15.4. The third-order valence-electron chi connectivity index (χ3n) is 6.88. The van der Waals surface area contributed by atoms with Gasteiger partial charge in [-0.1, -0.05) is 39.5 Å². The Kier molecular flexibility index (Phi) is 10.3. The summed E-state index contributed by atoms with van der Waals surface area (Å²) < 4.78 is 0. The van der Waals surface area contributed by atoms with Gasteiger partial charge in [-0.15, -0.1) is 56.7 Å². The Balaban J connectivity index is 1.35. The van der Waals surface area contributed by atoms with E-state index in [-0.39, 0.29) is 13.2 Å². The molecule has 2 N–H and O–H groups in total. The first-order valence-electron chi connectivity index (χ1n) is 13.9. The molecule has 7 heteroatoms. The van der Waals surface area contributed by atoms with Crippen molar-refractivity contribution in [3.8, 4) is 39.0 Å². The molecule has 0 radical (unpaired) electrons. The zero-order valence-corrected chi connectivity index (χ0v) is 26.7. The van der Waals surface area contributed by atoms with Crippen molar-refractivity contribution in [2.24, 2.45) is 0 Å². The van der Waals surface area contributed by atoms with E-state index >= 15 is 0 Å². The van der Waals surface area contributed by atoms with Gasteiger partial charge in [-0.2, -0.15) is 0 Å². The monoisotopic (exact) mass is 612 g/mol. The fourth-order valence-corrected chi connectivity index (χ4v) is 10.5. The third kappa shape index (κ3) is 6.84. The number of aliphatic hydroxyl groups is 2.